The van der Waals surface area contributed by atoms with Gasteiger partial charge < -0.3 is 10.7 Å². The molecule has 0 aliphatic carbocycles. The fourth-order valence-corrected chi connectivity index (χ4v) is 2.04. The third kappa shape index (κ3) is 1.40. The van der Waals surface area contributed by atoms with E-state index in [0.29, 0.717) is 0 Å². The lowest BCUT2D eigenvalue weighted by molar-refractivity contribution is 1.25. The molecule has 0 saturated carbocycles. The Morgan fingerprint density at radius 3 is 2.40 bits per heavy atom. The number of aromatic amines is 1. The lowest BCUT2D eigenvalue weighted by Crippen LogP contribution is -2.07. The SMILES string of the molecule is Cc1c(N)cc(C)c2c(C)cc(=O)[nH]c12. The summed E-state index contributed by atoms with van der Waals surface area (Å²) in [6.45, 7) is 5.87. The Kier molecular flexibility index (Phi) is 2.03. The van der Waals surface area contributed by atoms with E-state index in [0.717, 1.165) is 33.3 Å². The minimum absolute atomic E-state index is 0.0758. The van der Waals surface area contributed by atoms with Gasteiger partial charge in [-0.3, -0.25) is 4.79 Å². The standard InChI is InChI=1S/C12H14N2O/c1-6-4-9(13)8(3)12-11(6)7(2)5-10(15)14-12/h4-5H,13H2,1-3H3,(H,14,15). The molecule has 1 aromatic heterocycles. The zero-order valence-electron chi connectivity index (χ0n) is 9.14. The van der Waals surface area contributed by atoms with E-state index in [-0.39, 0.29) is 5.56 Å². The zero-order chi connectivity index (χ0) is 11.2. The molecular formula is C12H14N2O. The predicted molar refractivity (Wildman–Crippen MR) is 63.2 cm³/mol. The highest BCUT2D eigenvalue weighted by Gasteiger charge is 2.07. The van der Waals surface area contributed by atoms with Gasteiger partial charge in [0.05, 0.1) is 5.52 Å². The van der Waals surface area contributed by atoms with Crippen LogP contribution in [0.5, 0.6) is 0 Å². The summed E-state index contributed by atoms with van der Waals surface area (Å²) in [5.74, 6) is 0. The molecule has 0 fully saturated rings. The Balaban J connectivity index is 3.09. The summed E-state index contributed by atoms with van der Waals surface area (Å²) in [4.78, 5) is 14.2. The summed E-state index contributed by atoms with van der Waals surface area (Å²) in [6, 6.07) is 3.56. The van der Waals surface area contributed by atoms with E-state index in [9.17, 15) is 4.79 Å². The first-order valence-corrected chi connectivity index (χ1v) is 4.90. The van der Waals surface area contributed by atoms with Crippen molar-refractivity contribution in [3.8, 4) is 0 Å². The molecule has 0 saturated heterocycles. The van der Waals surface area contributed by atoms with Crippen molar-refractivity contribution in [2.75, 3.05) is 5.73 Å². The molecule has 1 aromatic carbocycles. The Morgan fingerprint density at radius 2 is 1.73 bits per heavy atom. The molecule has 3 heteroatoms. The number of hydrogen-bond acceptors (Lipinski definition) is 2. The van der Waals surface area contributed by atoms with E-state index in [1.807, 2.05) is 26.8 Å². The summed E-state index contributed by atoms with van der Waals surface area (Å²) in [5.41, 5.74) is 10.4. The number of pyridine rings is 1. The lowest BCUT2D eigenvalue weighted by atomic mass is 10.0. The predicted octanol–water partition coefficient (Wildman–Crippen LogP) is 2.04. The third-order valence-corrected chi connectivity index (χ3v) is 2.81. The van der Waals surface area contributed by atoms with Gasteiger partial charge in [0.15, 0.2) is 0 Å². The molecule has 0 spiro atoms. The van der Waals surface area contributed by atoms with Crippen molar-refractivity contribution in [2.24, 2.45) is 0 Å². The number of rotatable bonds is 0. The number of H-pyrrole nitrogens is 1. The molecule has 0 unspecified atom stereocenters. The van der Waals surface area contributed by atoms with E-state index >= 15 is 0 Å². The monoisotopic (exact) mass is 202 g/mol. The molecule has 3 nitrogen and oxygen atoms in total. The summed E-state index contributed by atoms with van der Waals surface area (Å²) in [7, 11) is 0. The maximum atomic E-state index is 11.4. The highest BCUT2D eigenvalue weighted by Crippen LogP contribution is 2.26. The number of benzene rings is 1. The van der Waals surface area contributed by atoms with E-state index in [2.05, 4.69) is 4.98 Å². The zero-order valence-corrected chi connectivity index (χ0v) is 9.14. The average molecular weight is 202 g/mol. The molecular weight excluding hydrogens is 188 g/mol. The van der Waals surface area contributed by atoms with Crippen molar-refractivity contribution in [1.29, 1.82) is 0 Å². The first-order chi connectivity index (χ1) is 7.00. The van der Waals surface area contributed by atoms with Crippen LogP contribution in [0.3, 0.4) is 0 Å². The number of hydrogen-bond donors (Lipinski definition) is 2. The second kappa shape index (κ2) is 3.12. The quantitative estimate of drug-likeness (QED) is 0.642. The van der Waals surface area contributed by atoms with Gasteiger partial charge in [0.1, 0.15) is 0 Å². The van der Waals surface area contributed by atoms with Crippen LogP contribution in [0.25, 0.3) is 10.9 Å². The summed E-state index contributed by atoms with van der Waals surface area (Å²) in [6.07, 6.45) is 0. The minimum Gasteiger partial charge on any atom is -0.398 e. The van der Waals surface area contributed by atoms with Gasteiger partial charge in [0.25, 0.3) is 0 Å². The molecule has 1 heterocycles. The molecule has 15 heavy (non-hydrogen) atoms. The molecule has 2 aromatic rings. The van der Waals surface area contributed by atoms with Crippen molar-refractivity contribution < 1.29 is 0 Å². The van der Waals surface area contributed by atoms with Gasteiger partial charge in [-0.25, -0.2) is 0 Å². The lowest BCUT2D eigenvalue weighted by Gasteiger charge is -2.10. The van der Waals surface area contributed by atoms with E-state index in [1.54, 1.807) is 6.07 Å². The Hall–Kier alpha value is -1.77. The van der Waals surface area contributed by atoms with Crippen LogP contribution in [-0.4, -0.2) is 4.98 Å². The molecule has 3 N–H and O–H groups in total. The third-order valence-electron chi connectivity index (χ3n) is 2.81. The smallest absolute Gasteiger partial charge is 0.248 e. The average Bonchev–Trinajstić information content (AvgIpc) is 2.12. The maximum absolute atomic E-state index is 11.4. The molecule has 0 radical (unpaired) electrons. The Bertz CT molecular complexity index is 597. The van der Waals surface area contributed by atoms with Gasteiger partial charge >= 0.3 is 0 Å². The first-order valence-electron chi connectivity index (χ1n) is 4.90. The van der Waals surface area contributed by atoms with Gasteiger partial charge in [-0.15, -0.1) is 0 Å². The van der Waals surface area contributed by atoms with Crippen LogP contribution < -0.4 is 11.3 Å². The molecule has 0 bridgehead atoms. The number of nitrogen functional groups attached to an aromatic ring is 1. The van der Waals surface area contributed by atoms with Crippen molar-refractivity contribution in [3.63, 3.8) is 0 Å². The molecule has 2 rings (SSSR count). The maximum Gasteiger partial charge on any atom is 0.248 e. The first kappa shape index (κ1) is 9.77. The van der Waals surface area contributed by atoms with E-state index < -0.39 is 0 Å². The van der Waals surface area contributed by atoms with Crippen LogP contribution >= 0.6 is 0 Å². The fourth-order valence-electron chi connectivity index (χ4n) is 2.04. The van der Waals surface area contributed by atoms with Gasteiger partial charge in [-0.1, -0.05) is 0 Å². The van der Waals surface area contributed by atoms with Crippen molar-refractivity contribution in [3.05, 3.63) is 39.2 Å². The molecule has 0 amide bonds. The molecule has 0 aliphatic rings. The topological polar surface area (TPSA) is 58.9 Å². The van der Waals surface area contributed by atoms with Crippen molar-refractivity contribution >= 4 is 16.6 Å². The van der Waals surface area contributed by atoms with E-state index in [1.165, 1.54) is 0 Å². The minimum atomic E-state index is -0.0758. The van der Waals surface area contributed by atoms with Gasteiger partial charge in [-0.05, 0) is 43.5 Å². The van der Waals surface area contributed by atoms with Gasteiger partial charge in [0, 0.05) is 17.1 Å². The Labute approximate surface area is 87.9 Å². The van der Waals surface area contributed by atoms with E-state index in [4.69, 9.17) is 5.73 Å². The van der Waals surface area contributed by atoms with Gasteiger partial charge in [-0.2, -0.15) is 0 Å². The second-order valence-corrected chi connectivity index (χ2v) is 3.97. The molecule has 78 valence electrons. The number of anilines is 1. The van der Waals surface area contributed by atoms with Crippen LogP contribution in [0, 0.1) is 20.8 Å². The van der Waals surface area contributed by atoms with Crippen LogP contribution in [-0.2, 0) is 0 Å². The fraction of sp³-hybridized carbons (Fsp3) is 0.250. The molecule has 0 atom stereocenters. The second-order valence-electron chi connectivity index (χ2n) is 3.97. The van der Waals surface area contributed by atoms with Gasteiger partial charge in [0.2, 0.25) is 5.56 Å². The van der Waals surface area contributed by atoms with Crippen LogP contribution in [0.1, 0.15) is 16.7 Å². The highest BCUT2D eigenvalue weighted by molar-refractivity contribution is 5.91. The summed E-state index contributed by atoms with van der Waals surface area (Å²) >= 11 is 0. The highest BCUT2D eigenvalue weighted by atomic mass is 16.1. The summed E-state index contributed by atoms with van der Waals surface area (Å²) < 4.78 is 0. The van der Waals surface area contributed by atoms with Crippen LogP contribution in [0.4, 0.5) is 5.69 Å². The van der Waals surface area contributed by atoms with Crippen molar-refractivity contribution in [1.82, 2.24) is 4.98 Å². The summed E-state index contributed by atoms with van der Waals surface area (Å²) in [5, 5.41) is 1.10. The normalized spacial score (nSPS) is 10.9. The molecule has 0 aliphatic heterocycles. The van der Waals surface area contributed by atoms with Crippen LogP contribution in [0.2, 0.25) is 0 Å². The number of nitrogens with one attached hydrogen (secondary N) is 1. The largest absolute Gasteiger partial charge is 0.398 e. The number of aryl methyl sites for hydroxylation is 3. The van der Waals surface area contributed by atoms with Crippen LogP contribution in [0.15, 0.2) is 16.9 Å². The Morgan fingerprint density at radius 1 is 1.13 bits per heavy atom. The van der Waals surface area contributed by atoms with Crippen molar-refractivity contribution in [2.45, 2.75) is 20.8 Å². The number of fused-ring (bicyclic) bond motifs is 1. The number of aromatic nitrogens is 1. The number of nitrogens with two attached hydrogens (primary N) is 1.